The van der Waals surface area contributed by atoms with E-state index in [1.165, 1.54) is 11.1 Å². The number of nitrogens with one attached hydrogen (secondary N) is 1. The number of morpholine rings is 1. The van der Waals surface area contributed by atoms with Gasteiger partial charge in [-0.1, -0.05) is 42.0 Å². The van der Waals surface area contributed by atoms with Crippen molar-refractivity contribution in [3.8, 4) is 0 Å². The molecule has 1 heterocycles. The molecule has 0 saturated carbocycles. The van der Waals surface area contributed by atoms with Gasteiger partial charge in [-0.2, -0.15) is 0 Å². The Labute approximate surface area is 143 Å². The van der Waals surface area contributed by atoms with Gasteiger partial charge in [0, 0.05) is 31.7 Å². The smallest absolute Gasteiger partial charge is 0.251 e. The van der Waals surface area contributed by atoms with Crippen LogP contribution < -0.4 is 5.32 Å². The summed E-state index contributed by atoms with van der Waals surface area (Å²) in [5.41, 5.74) is 4.25. The van der Waals surface area contributed by atoms with Gasteiger partial charge in [-0.25, -0.2) is 0 Å². The quantitative estimate of drug-likeness (QED) is 0.919. The van der Waals surface area contributed by atoms with Gasteiger partial charge in [-0.3, -0.25) is 9.69 Å². The highest BCUT2D eigenvalue weighted by Gasteiger charge is 2.11. The fraction of sp³-hybridized carbons (Fsp3) is 0.350. The molecular weight excluding hydrogens is 300 g/mol. The largest absolute Gasteiger partial charge is 0.379 e. The van der Waals surface area contributed by atoms with Crippen molar-refractivity contribution < 1.29 is 9.53 Å². The first-order chi connectivity index (χ1) is 11.7. The fourth-order valence-corrected chi connectivity index (χ4v) is 2.89. The first kappa shape index (κ1) is 16.7. The summed E-state index contributed by atoms with van der Waals surface area (Å²) in [6, 6.07) is 16.1. The van der Waals surface area contributed by atoms with E-state index in [0.29, 0.717) is 12.1 Å². The number of hydrogen-bond acceptors (Lipinski definition) is 3. The Balaban J connectivity index is 1.53. The lowest BCUT2D eigenvalue weighted by Gasteiger charge is -2.26. The SMILES string of the molecule is Cc1cccc(CNC(=O)c2ccc(CN3CCOCC3)cc2)c1. The molecule has 24 heavy (non-hydrogen) atoms. The standard InChI is InChI=1S/C20H24N2O2/c1-16-3-2-4-18(13-16)14-21-20(23)19-7-5-17(6-8-19)15-22-9-11-24-12-10-22/h2-8,13H,9-12,14-15H2,1H3,(H,21,23). The molecule has 1 fully saturated rings. The summed E-state index contributed by atoms with van der Waals surface area (Å²) in [4.78, 5) is 14.6. The zero-order chi connectivity index (χ0) is 16.8. The summed E-state index contributed by atoms with van der Waals surface area (Å²) in [5.74, 6) is -0.0329. The van der Waals surface area contributed by atoms with Crippen LogP contribution >= 0.6 is 0 Å². The number of benzene rings is 2. The fourth-order valence-electron chi connectivity index (χ4n) is 2.89. The topological polar surface area (TPSA) is 41.6 Å². The number of rotatable bonds is 5. The Morgan fingerprint density at radius 3 is 2.54 bits per heavy atom. The van der Waals surface area contributed by atoms with E-state index >= 15 is 0 Å². The molecule has 0 bridgehead atoms. The number of hydrogen-bond donors (Lipinski definition) is 1. The molecule has 1 aliphatic heterocycles. The normalized spacial score (nSPS) is 15.2. The lowest BCUT2D eigenvalue weighted by atomic mass is 10.1. The van der Waals surface area contributed by atoms with Crippen LogP contribution in [0.25, 0.3) is 0 Å². The summed E-state index contributed by atoms with van der Waals surface area (Å²) in [5, 5.41) is 2.98. The number of aryl methyl sites for hydroxylation is 1. The summed E-state index contributed by atoms with van der Waals surface area (Å²) in [7, 11) is 0. The lowest BCUT2D eigenvalue weighted by molar-refractivity contribution is 0.0342. The molecule has 1 amide bonds. The zero-order valence-corrected chi connectivity index (χ0v) is 14.1. The molecule has 2 aromatic carbocycles. The van der Waals surface area contributed by atoms with Crippen molar-refractivity contribution in [2.24, 2.45) is 0 Å². The Bertz CT molecular complexity index is 676. The highest BCUT2D eigenvalue weighted by molar-refractivity contribution is 5.94. The molecular formula is C20H24N2O2. The molecule has 0 atom stereocenters. The molecule has 0 aliphatic carbocycles. The van der Waals surface area contributed by atoms with Crippen molar-refractivity contribution in [1.29, 1.82) is 0 Å². The molecule has 0 radical (unpaired) electrons. The Morgan fingerprint density at radius 1 is 1.08 bits per heavy atom. The van der Waals surface area contributed by atoms with Crippen LogP contribution in [0.2, 0.25) is 0 Å². The van der Waals surface area contributed by atoms with Crippen molar-refractivity contribution in [3.05, 3.63) is 70.8 Å². The van der Waals surface area contributed by atoms with Crippen LogP contribution in [0.3, 0.4) is 0 Å². The van der Waals surface area contributed by atoms with E-state index in [1.54, 1.807) is 0 Å². The van der Waals surface area contributed by atoms with Gasteiger partial charge in [0.25, 0.3) is 5.91 Å². The minimum absolute atomic E-state index is 0.0329. The third kappa shape index (κ3) is 4.66. The molecule has 4 nitrogen and oxygen atoms in total. The summed E-state index contributed by atoms with van der Waals surface area (Å²) in [6.45, 7) is 7.07. The van der Waals surface area contributed by atoms with Gasteiger partial charge >= 0.3 is 0 Å². The van der Waals surface area contributed by atoms with Crippen LogP contribution in [0, 0.1) is 6.92 Å². The minimum Gasteiger partial charge on any atom is -0.379 e. The Hall–Kier alpha value is -2.17. The Morgan fingerprint density at radius 2 is 1.83 bits per heavy atom. The second-order valence-corrected chi connectivity index (χ2v) is 6.26. The lowest BCUT2D eigenvalue weighted by Crippen LogP contribution is -2.35. The number of carbonyl (C=O) groups excluding carboxylic acids is 1. The number of carbonyl (C=O) groups is 1. The van der Waals surface area contributed by atoms with E-state index < -0.39 is 0 Å². The average Bonchev–Trinajstić information content (AvgIpc) is 2.61. The molecule has 126 valence electrons. The molecule has 0 aromatic heterocycles. The van der Waals surface area contributed by atoms with Crippen molar-refractivity contribution in [3.63, 3.8) is 0 Å². The predicted molar refractivity (Wildman–Crippen MR) is 94.9 cm³/mol. The average molecular weight is 324 g/mol. The van der Waals surface area contributed by atoms with Crippen molar-refractivity contribution >= 4 is 5.91 Å². The van der Waals surface area contributed by atoms with Gasteiger partial charge in [0.15, 0.2) is 0 Å². The van der Waals surface area contributed by atoms with Crippen LogP contribution in [0.5, 0.6) is 0 Å². The van der Waals surface area contributed by atoms with Gasteiger partial charge in [-0.05, 0) is 30.2 Å². The van der Waals surface area contributed by atoms with Gasteiger partial charge in [0.2, 0.25) is 0 Å². The van der Waals surface area contributed by atoms with E-state index in [1.807, 2.05) is 36.4 Å². The predicted octanol–water partition coefficient (Wildman–Crippen LogP) is 2.76. The molecule has 4 heteroatoms. The second-order valence-electron chi connectivity index (χ2n) is 6.26. The van der Waals surface area contributed by atoms with Gasteiger partial charge in [0.05, 0.1) is 13.2 Å². The second kappa shape index (κ2) is 8.08. The minimum atomic E-state index is -0.0329. The Kier molecular flexibility index (Phi) is 5.62. The van der Waals surface area contributed by atoms with E-state index in [0.717, 1.165) is 38.4 Å². The summed E-state index contributed by atoms with van der Waals surface area (Å²) < 4.78 is 5.36. The van der Waals surface area contributed by atoms with E-state index in [-0.39, 0.29) is 5.91 Å². The van der Waals surface area contributed by atoms with Crippen LogP contribution in [-0.4, -0.2) is 37.1 Å². The molecule has 2 aromatic rings. The van der Waals surface area contributed by atoms with E-state index in [2.05, 4.69) is 29.3 Å². The maximum Gasteiger partial charge on any atom is 0.251 e. The molecule has 0 unspecified atom stereocenters. The molecule has 3 rings (SSSR count). The highest BCUT2D eigenvalue weighted by Crippen LogP contribution is 2.10. The third-order valence-corrected chi connectivity index (χ3v) is 4.26. The monoisotopic (exact) mass is 324 g/mol. The maximum absolute atomic E-state index is 12.3. The van der Waals surface area contributed by atoms with Crippen molar-refractivity contribution in [2.45, 2.75) is 20.0 Å². The van der Waals surface area contributed by atoms with Gasteiger partial charge in [-0.15, -0.1) is 0 Å². The molecule has 0 spiro atoms. The molecule has 1 N–H and O–H groups in total. The van der Waals surface area contributed by atoms with Crippen molar-refractivity contribution in [2.75, 3.05) is 26.3 Å². The zero-order valence-electron chi connectivity index (χ0n) is 14.1. The van der Waals surface area contributed by atoms with Gasteiger partial charge < -0.3 is 10.1 Å². The number of nitrogens with zero attached hydrogens (tertiary/aromatic N) is 1. The molecule has 1 saturated heterocycles. The van der Waals surface area contributed by atoms with Crippen LogP contribution in [0.4, 0.5) is 0 Å². The van der Waals surface area contributed by atoms with E-state index in [4.69, 9.17) is 4.74 Å². The van der Waals surface area contributed by atoms with E-state index in [9.17, 15) is 4.79 Å². The van der Waals surface area contributed by atoms with Gasteiger partial charge in [0.1, 0.15) is 0 Å². The molecule has 1 aliphatic rings. The third-order valence-electron chi connectivity index (χ3n) is 4.26. The maximum atomic E-state index is 12.3. The number of amides is 1. The summed E-state index contributed by atoms with van der Waals surface area (Å²) >= 11 is 0. The van der Waals surface area contributed by atoms with Crippen LogP contribution in [0.1, 0.15) is 27.0 Å². The first-order valence-corrected chi connectivity index (χ1v) is 8.43. The first-order valence-electron chi connectivity index (χ1n) is 8.43. The van der Waals surface area contributed by atoms with Crippen molar-refractivity contribution in [1.82, 2.24) is 10.2 Å². The van der Waals surface area contributed by atoms with Crippen LogP contribution in [0.15, 0.2) is 48.5 Å². The van der Waals surface area contributed by atoms with Crippen LogP contribution in [-0.2, 0) is 17.8 Å². The summed E-state index contributed by atoms with van der Waals surface area (Å²) in [6.07, 6.45) is 0. The number of ether oxygens (including phenoxy) is 1. The highest BCUT2D eigenvalue weighted by atomic mass is 16.5.